The van der Waals surface area contributed by atoms with Crippen molar-refractivity contribution in [2.75, 3.05) is 52.9 Å². The number of likely N-dealkylation sites (N-methyl/N-ethyl adjacent to an activating group) is 1. The van der Waals surface area contributed by atoms with Gasteiger partial charge >= 0.3 is 0 Å². The highest BCUT2D eigenvalue weighted by molar-refractivity contribution is 7.80. The summed E-state index contributed by atoms with van der Waals surface area (Å²) >= 11 is 5.42. The fraction of sp³-hybridized carbons (Fsp3) is 0.923. The van der Waals surface area contributed by atoms with Gasteiger partial charge < -0.3 is 15.5 Å². The predicted molar refractivity (Wildman–Crippen MR) is 79.9 cm³/mol. The number of rotatable bonds is 3. The SMILES string of the molecule is CCN1CCC(C(N)=S)(N2CCN(C)CC2)CC1. The zero-order valence-electron chi connectivity index (χ0n) is 11.7. The molecule has 104 valence electrons. The molecule has 18 heavy (non-hydrogen) atoms. The summed E-state index contributed by atoms with van der Waals surface area (Å²) in [7, 11) is 2.18. The molecular weight excluding hydrogens is 244 g/mol. The Morgan fingerprint density at radius 1 is 1.11 bits per heavy atom. The Kier molecular flexibility index (Phi) is 4.59. The molecule has 0 spiro atoms. The van der Waals surface area contributed by atoms with E-state index in [-0.39, 0.29) is 5.54 Å². The Labute approximate surface area is 116 Å². The lowest BCUT2D eigenvalue weighted by atomic mass is 9.85. The van der Waals surface area contributed by atoms with Crippen LogP contribution in [0.2, 0.25) is 0 Å². The van der Waals surface area contributed by atoms with Crippen LogP contribution in [-0.4, -0.2) is 78.1 Å². The maximum absolute atomic E-state index is 6.11. The third-order valence-corrected chi connectivity index (χ3v) is 5.08. The van der Waals surface area contributed by atoms with Gasteiger partial charge in [0.2, 0.25) is 0 Å². The molecule has 0 saturated carbocycles. The van der Waals surface area contributed by atoms with Crippen molar-refractivity contribution in [2.45, 2.75) is 25.3 Å². The van der Waals surface area contributed by atoms with Gasteiger partial charge in [-0.25, -0.2) is 0 Å². The molecule has 0 unspecified atom stereocenters. The number of thiocarbonyl (C=S) groups is 1. The van der Waals surface area contributed by atoms with Gasteiger partial charge in [0, 0.05) is 39.3 Å². The normalized spacial score (nSPS) is 27.2. The molecular formula is C13H26N4S. The molecule has 4 nitrogen and oxygen atoms in total. The second-order valence-corrected chi connectivity index (χ2v) is 6.06. The average molecular weight is 270 g/mol. The minimum absolute atomic E-state index is 0.0116. The van der Waals surface area contributed by atoms with Crippen LogP contribution in [0.25, 0.3) is 0 Å². The molecule has 0 aromatic rings. The highest BCUT2D eigenvalue weighted by atomic mass is 32.1. The summed E-state index contributed by atoms with van der Waals surface area (Å²) in [6.45, 7) is 10.1. The highest BCUT2D eigenvalue weighted by Gasteiger charge is 2.42. The first-order valence-electron chi connectivity index (χ1n) is 7.04. The summed E-state index contributed by atoms with van der Waals surface area (Å²) in [6, 6.07) is 0. The van der Waals surface area contributed by atoms with Crippen LogP contribution in [0.4, 0.5) is 0 Å². The molecule has 0 aromatic heterocycles. The maximum atomic E-state index is 6.11. The molecule has 2 heterocycles. The van der Waals surface area contributed by atoms with E-state index in [9.17, 15) is 0 Å². The predicted octanol–water partition coefficient (Wildman–Crippen LogP) is 0.374. The van der Waals surface area contributed by atoms with Crippen LogP contribution in [0.3, 0.4) is 0 Å². The van der Waals surface area contributed by atoms with E-state index in [0.717, 1.165) is 58.7 Å². The summed E-state index contributed by atoms with van der Waals surface area (Å²) in [6.07, 6.45) is 2.19. The van der Waals surface area contributed by atoms with Crippen LogP contribution in [0, 0.1) is 0 Å². The van der Waals surface area contributed by atoms with E-state index < -0.39 is 0 Å². The topological polar surface area (TPSA) is 35.7 Å². The lowest BCUT2D eigenvalue weighted by Crippen LogP contribution is -2.65. The lowest BCUT2D eigenvalue weighted by molar-refractivity contribution is 0.0370. The van der Waals surface area contributed by atoms with E-state index in [4.69, 9.17) is 18.0 Å². The van der Waals surface area contributed by atoms with E-state index in [2.05, 4.69) is 28.7 Å². The van der Waals surface area contributed by atoms with Crippen LogP contribution < -0.4 is 5.73 Å². The first kappa shape index (κ1) is 14.2. The van der Waals surface area contributed by atoms with Crippen molar-refractivity contribution in [1.29, 1.82) is 0 Å². The number of nitrogens with two attached hydrogens (primary N) is 1. The molecule has 2 aliphatic rings. The van der Waals surface area contributed by atoms with E-state index in [1.54, 1.807) is 0 Å². The number of nitrogens with zero attached hydrogens (tertiary/aromatic N) is 3. The molecule has 0 aromatic carbocycles. The molecule has 2 aliphatic heterocycles. The van der Waals surface area contributed by atoms with E-state index in [1.807, 2.05) is 0 Å². The van der Waals surface area contributed by atoms with Gasteiger partial charge in [0.1, 0.15) is 0 Å². The molecule has 2 saturated heterocycles. The zero-order valence-corrected chi connectivity index (χ0v) is 12.5. The zero-order chi connectivity index (χ0) is 13.2. The monoisotopic (exact) mass is 270 g/mol. The van der Waals surface area contributed by atoms with Gasteiger partial charge in [0.25, 0.3) is 0 Å². The van der Waals surface area contributed by atoms with Gasteiger partial charge in [-0.2, -0.15) is 0 Å². The summed E-state index contributed by atoms with van der Waals surface area (Å²) in [5.74, 6) is 0. The second-order valence-electron chi connectivity index (χ2n) is 5.62. The van der Waals surface area contributed by atoms with Gasteiger partial charge in [0.15, 0.2) is 0 Å². The minimum atomic E-state index is -0.0116. The number of hydrogen-bond donors (Lipinski definition) is 1. The van der Waals surface area contributed by atoms with Crippen LogP contribution in [0.15, 0.2) is 0 Å². The smallest absolute Gasteiger partial charge is 0.0935 e. The number of piperidine rings is 1. The Morgan fingerprint density at radius 3 is 2.11 bits per heavy atom. The van der Waals surface area contributed by atoms with Gasteiger partial charge in [-0.05, 0) is 26.4 Å². The largest absolute Gasteiger partial charge is 0.392 e. The van der Waals surface area contributed by atoms with Crippen molar-refractivity contribution < 1.29 is 0 Å². The van der Waals surface area contributed by atoms with Crippen molar-refractivity contribution in [3.63, 3.8) is 0 Å². The molecule has 0 aliphatic carbocycles. The van der Waals surface area contributed by atoms with Crippen molar-refractivity contribution in [3.8, 4) is 0 Å². The molecule has 0 amide bonds. The number of piperazine rings is 1. The van der Waals surface area contributed by atoms with Crippen molar-refractivity contribution in [2.24, 2.45) is 5.73 Å². The lowest BCUT2D eigenvalue weighted by Gasteiger charge is -2.50. The Hall–Kier alpha value is -0.230. The van der Waals surface area contributed by atoms with Crippen molar-refractivity contribution in [1.82, 2.24) is 14.7 Å². The van der Waals surface area contributed by atoms with Gasteiger partial charge in [-0.1, -0.05) is 19.1 Å². The standard InChI is InChI=1S/C13H26N4S/c1-3-16-6-4-13(5-7-16,12(14)18)17-10-8-15(2)9-11-17/h3-11H2,1-2H3,(H2,14,18). The fourth-order valence-electron chi connectivity index (χ4n) is 3.19. The fourth-order valence-corrected chi connectivity index (χ4v) is 3.53. The molecule has 2 N–H and O–H groups in total. The van der Waals surface area contributed by atoms with Crippen LogP contribution in [-0.2, 0) is 0 Å². The van der Waals surface area contributed by atoms with Crippen LogP contribution in [0.5, 0.6) is 0 Å². The molecule has 0 atom stereocenters. The van der Waals surface area contributed by atoms with E-state index in [1.165, 1.54) is 0 Å². The minimum Gasteiger partial charge on any atom is -0.392 e. The summed E-state index contributed by atoms with van der Waals surface area (Å²) < 4.78 is 0. The Morgan fingerprint density at radius 2 is 1.67 bits per heavy atom. The summed E-state index contributed by atoms with van der Waals surface area (Å²) in [5.41, 5.74) is 6.10. The van der Waals surface area contributed by atoms with Crippen molar-refractivity contribution in [3.05, 3.63) is 0 Å². The molecule has 5 heteroatoms. The van der Waals surface area contributed by atoms with Crippen LogP contribution >= 0.6 is 12.2 Å². The van der Waals surface area contributed by atoms with Gasteiger partial charge in [0.05, 0.1) is 10.5 Å². The molecule has 2 fully saturated rings. The Bertz CT molecular complexity index is 291. The quantitative estimate of drug-likeness (QED) is 0.750. The third-order valence-electron chi connectivity index (χ3n) is 4.70. The first-order valence-corrected chi connectivity index (χ1v) is 7.45. The summed E-state index contributed by atoms with van der Waals surface area (Å²) in [4.78, 5) is 8.13. The highest BCUT2D eigenvalue weighted by Crippen LogP contribution is 2.30. The van der Waals surface area contributed by atoms with Crippen LogP contribution in [0.1, 0.15) is 19.8 Å². The maximum Gasteiger partial charge on any atom is 0.0935 e. The second kappa shape index (κ2) is 5.82. The molecule has 0 bridgehead atoms. The first-order chi connectivity index (χ1) is 8.58. The van der Waals surface area contributed by atoms with Crippen molar-refractivity contribution >= 4 is 17.2 Å². The van der Waals surface area contributed by atoms with Gasteiger partial charge in [-0.3, -0.25) is 4.90 Å². The van der Waals surface area contributed by atoms with E-state index in [0.29, 0.717) is 4.99 Å². The molecule has 2 rings (SSSR count). The van der Waals surface area contributed by atoms with E-state index >= 15 is 0 Å². The van der Waals surface area contributed by atoms with Gasteiger partial charge in [-0.15, -0.1) is 0 Å². The third kappa shape index (κ3) is 2.69. The number of hydrogen-bond acceptors (Lipinski definition) is 4. The summed E-state index contributed by atoms with van der Waals surface area (Å²) in [5, 5.41) is 0. The number of likely N-dealkylation sites (tertiary alicyclic amines) is 1. The molecule has 0 radical (unpaired) electrons. The Balaban J connectivity index is 2.06. The average Bonchev–Trinajstić information content (AvgIpc) is 2.39.